The fourth-order valence-corrected chi connectivity index (χ4v) is 0.0833. The van der Waals surface area contributed by atoms with Crippen LogP contribution in [0.5, 0.6) is 0 Å². The van der Waals surface area contributed by atoms with Crippen LogP contribution >= 0.6 is 24.8 Å². The zero-order valence-electron chi connectivity index (χ0n) is 4.42. The molecule has 2 nitrogen and oxygen atoms in total. The van der Waals surface area contributed by atoms with Gasteiger partial charge in [-0.3, -0.25) is 0 Å². The molecule has 0 aromatic carbocycles. The highest BCUT2D eigenvalue weighted by Gasteiger charge is 1.81. The summed E-state index contributed by atoms with van der Waals surface area (Å²) >= 11 is 0. The molecule has 0 aliphatic carbocycles. The number of ether oxygens (including phenoxy) is 1. The first kappa shape index (κ1) is 15.7. The summed E-state index contributed by atoms with van der Waals surface area (Å²) in [5.41, 5.74) is 0. The van der Waals surface area contributed by atoms with E-state index in [1.54, 1.807) is 0 Å². The summed E-state index contributed by atoms with van der Waals surface area (Å²) in [6.45, 7) is 3.16. The fourth-order valence-electron chi connectivity index (χ4n) is 0.0833. The number of halogens is 2. The lowest BCUT2D eigenvalue weighted by atomic mass is 10.7. The van der Waals surface area contributed by atoms with Crippen LogP contribution in [0.3, 0.4) is 0 Å². The first-order valence-electron chi connectivity index (χ1n) is 1.51. The van der Waals surface area contributed by atoms with Gasteiger partial charge in [-0.1, -0.05) is 6.58 Å². The highest BCUT2D eigenvalue weighted by atomic mass is 35.5. The minimum atomic E-state index is -0.394. The van der Waals surface area contributed by atoms with Gasteiger partial charge in [0.25, 0.3) is 0 Å². The molecule has 0 atom stereocenters. The Hall–Kier alpha value is -0.210. The molecule has 0 aliphatic rings. The predicted octanol–water partition coefficient (Wildman–Crippen LogP) is 1.19. The summed E-state index contributed by atoms with van der Waals surface area (Å²) in [6.07, 6.45) is 1.11. The molecule has 0 saturated carbocycles. The Balaban J connectivity index is -0.000000125. The molecule has 0 N–H and O–H groups in total. The van der Waals surface area contributed by atoms with E-state index in [9.17, 15) is 4.79 Å². The predicted molar refractivity (Wildman–Crippen MR) is 36.7 cm³/mol. The molecular formula is C4H8Cl2O2. The smallest absolute Gasteiger partial charge is 0.329 e. The third-order valence-corrected chi connectivity index (χ3v) is 0.368. The Morgan fingerprint density at radius 3 is 2.00 bits per heavy atom. The second-order valence-electron chi connectivity index (χ2n) is 0.727. The van der Waals surface area contributed by atoms with Crippen LogP contribution in [0.15, 0.2) is 12.7 Å². The third-order valence-electron chi connectivity index (χ3n) is 0.368. The first-order valence-corrected chi connectivity index (χ1v) is 1.51. The summed E-state index contributed by atoms with van der Waals surface area (Å²) in [4.78, 5) is 9.84. The molecule has 4 heteroatoms. The first-order chi connectivity index (χ1) is 2.81. The summed E-state index contributed by atoms with van der Waals surface area (Å²) in [5.74, 6) is -0.394. The lowest BCUT2D eigenvalue weighted by Gasteiger charge is -1.83. The Bertz CT molecular complexity index is 72.4. The van der Waals surface area contributed by atoms with Crippen molar-refractivity contribution in [2.24, 2.45) is 0 Å². The number of esters is 1. The average molecular weight is 159 g/mol. The molecule has 0 aromatic heterocycles. The average Bonchev–Trinajstić information content (AvgIpc) is 1.65. The zero-order valence-corrected chi connectivity index (χ0v) is 6.05. The molecule has 0 saturated heterocycles. The quantitative estimate of drug-likeness (QED) is 0.424. The number of hydrogen-bond donors (Lipinski definition) is 0. The lowest BCUT2D eigenvalue weighted by Crippen LogP contribution is -1.91. The van der Waals surface area contributed by atoms with Crippen LogP contribution in [-0.2, 0) is 9.53 Å². The number of carbonyl (C=O) groups is 1. The van der Waals surface area contributed by atoms with E-state index in [-0.39, 0.29) is 24.8 Å². The summed E-state index contributed by atoms with van der Waals surface area (Å²) in [7, 11) is 1.31. The Morgan fingerprint density at radius 2 is 2.00 bits per heavy atom. The maximum atomic E-state index is 9.84. The van der Waals surface area contributed by atoms with E-state index in [4.69, 9.17) is 0 Å². The lowest BCUT2D eigenvalue weighted by molar-refractivity contribution is -0.134. The standard InChI is InChI=1S/C4H6O2.2ClH/c1-3-4(5)6-2;;/h3H,1H2,2H3;2*1H. The number of rotatable bonds is 1. The maximum absolute atomic E-state index is 9.84. The topological polar surface area (TPSA) is 26.3 Å². The van der Waals surface area contributed by atoms with Crippen LogP contribution in [-0.4, -0.2) is 13.1 Å². The highest BCUT2D eigenvalue weighted by molar-refractivity contribution is 5.85. The van der Waals surface area contributed by atoms with Gasteiger partial charge in [-0.2, -0.15) is 0 Å². The van der Waals surface area contributed by atoms with Gasteiger partial charge in [0.05, 0.1) is 7.11 Å². The molecule has 0 aromatic rings. The number of carbonyl (C=O) groups excluding carboxylic acids is 1. The third kappa shape index (κ3) is 9.25. The summed E-state index contributed by atoms with van der Waals surface area (Å²) in [6, 6.07) is 0. The van der Waals surface area contributed by atoms with Crippen molar-refractivity contribution < 1.29 is 9.53 Å². The molecule has 0 spiro atoms. The van der Waals surface area contributed by atoms with Crippen LogP contribution in [0.2, 0.25) is 0 Å². The van der Waals surface area contributed by atoms with E-state index in [1.807, 2.05) is 0 Å². The number of hydrogen-bond acceptors (Lipinski definition) is 2. The van der Waals surface area contributed by atoms with E-state index in [1.165, 1.54) is 7.11 Å². The number of methoxy groups -OCH3 is 1. The molecule has 0 rings (SSSR count). The summed E-state index contributed by atoms with van der Waals surface area (Å²) in [5, 5.41) is 0. The molecule has 0 bridgehead atoms. The minimum Gasteiger partial charge on any atom is -0.466 e. The SMILES string of the molecule is C=CC(=O)OC.Cl.Cl. The largest absolute Gasteiger partial charge is 0.466 e. The van der Waals surface area contributed by atoms with Gasteiger partial charge in [-0.15, -0.1) is 24.8 Å². The van der Waals surface area contributed by atoms with Gasteiger partial charge in [0.2, 0.25) is 0 Å². The van der Waals surface area contributed by atoms with Gasteiger partial charge in [0.1, 0.15) is 0 Å². The van der Waals surface area contributed by atoms with Crippen LogP contribution in [0.1, 0.15) is 0 Å². The van der Waals surface area contributed by atoms with Crippen LogP contribution in [0.25, 0.3) is 0 Å². The van der Waals surface area contributed by atoms with Crippen molar-refractivity contribution in [3.05, 3.63) is 12.7 Å². The van der Waals surface area contributed by atoms with Gasteiger partial charge < -0.3 is 4.74 Å². The molecule has 50 valence electrons. The van der Waals surface area contributed by atoms with E-state index in [2.05, 4.69) is 11.3 Å². The minimum absolute atomic E-state index is 0. The van der Waals surface area contributed by atoms with E-state index >= 15 is 0 Å². The van der Waals surface area contributed by atoms with Gasteiger partial charge in [-0.05, 0) is 0 Å². The van der Waals surface area contributed by atoms with Gasteiger partial charge in [0, 0.05) is 6.08 Å². The van der Waals surface area contributed by atoms with Crippen molar-refractivity contribution in [2.75, 3.05) is 7.11 Å². The Kier molecular flexibility index (Phi) is 19.4. The molecular weight excluding hydrogens is 151 g/mol. The van der Waals surface area contributed by atoms with Crippen LogP contribution in [0, 0.1) is 0 Å². The summed E-state index contributed by atoms with van der Waals surface area (Å²) < 4.78 is 4.14. The molecule has 0 aliphatic heterocycles. The molecule has 0 heterocycles. The monoisotopic (exact) mass is 158 g/mol. The van der Waals surface area contributed by atoms with E-state index in [0.29, 0.717) is 0 Å². The fraction of sp³-hybridized carbons (Fsp3) is 0.250. The van der Waals surface area contributed by atoms with E-state index < -0.39 is 5.97 Å². The van der Waals surface area contributed by atoms with E-state index in [0.717, 1.165) is 6.08 Å². The molecule has 0 fully saturated rings. The maximum Gasteiger partial charge on any atom is 0.329 e. The van der Waals surface area contributed by atoms with Gasteiger partial charge >= 0.3 is 5.97 Å². The highest BCUT2D eigenvalue weighted by Crippen LogP contribution is 1.67. The zero-order chi connectivity index (χ0) is 4.99. The van der Waals surface area contributed by atoms with Crippen molar-refractivity contribution in [1.29, 1.82) is 0 Å². The molecule has 0 unspecified atom stereocenters. The van der Waals surface area contributed by atoms with Crippen molar-refractivity contribution in [1.82, 2.24) is 0 Å². The Morgan fingerprint density at radius 1 is 1.62 bits per heavy atom. The molecule has 0 radical (unpaired) electrons. The van der Waals surface area contributed by atoms with Gasteiger partial charge in [-0.25, -0.2) is 4.79 Å². The second kappa shape index (κ2) is 9.92. The Labute approximate surface area is 60.7 Å². The van der Waals surface area contributed by atoms with Crippen LogP contribution < -0.4 is 0 Å². The van der Waals surface area contributed by atoms with Gasteiger partial charge in [0.15, 0.2) is 0 Å². The normalized spacial score (nSPS) is 5.12. The van der Waals surface area contributed by atoms with Crippen LogP contribution in [0.4, 0.5) is 0 Å². The molecule has 0 amide bonds. The van der Waals surface area contributed by atoms with Crippen molar-refractivity contribution in [3.8, 4) is 0 Å². The van der Waals surface area contributed by atoms with Crippen molar-refractivity contribution in [2.45, 2.75) is 0 Å². The molecule has 8 heavy (non-hydrogen) atoms. The van der Waals surface area contributed by atoms with Crippen molar-refractivity contribution >= 4 is 30.8 Å². The second-order valence-corrected chi connectivity index (χ2v) is 0.727. The van der Waals surface area contributed by atoms with Crippen molar-refractivity contribution in [3.63, 3.8) is 0 Å².